The highest BCUT2D eigenvalue weighted by Gasteiger charge is 2.34. The number of rotatable bonds is 4. The number of hydrogen-bond acceptors (Lipinski definition) is 3. The summed E-state index contributed by atoms with van der Waals surface area (Å²) in [5, 5.41) is 14.0. The third kappa shape index (κ3) is 3.08. The van der Waals surface area contributed by atoms with E-state index in [-0.39, 0.29) is 17.9 Å². The number of aliphatic hydroxyl groups is 1. The van der Waals surface area contributed by atoms with Crippen LogP contribution in [0.1, 0.15) is 42.1 Å². The Morgan fingerprint density at radius 2 is 2.00 bits per heavy atom. The lowest BCUT2D eigenvalue weighted by Crippen LogP contribution is -2.44. The van der Waals surface area contributed by atoms with Crippen LogP contribution in [-0.2, 0) is 0 Å². The summed E-state index contributed by atoms with van der Waals surface area (Å²) in [7, 11) is 0. The normalized spacial score (nSPS) is 17.0. The standard InChI is InChI=1S/C19H25N3O2/c1-3-19(14-23)8-10-21(11-9-19)18(24)16-12-20-22(13-16)17-7-5-4-6-15(17)2/h4-7,12-13,23H,3,8-11,14H2,1-2H3. The van der Waals surface area contributed by atoms with E-state index in [1.54, 1.807) is 17.1 Å². The number of likely N-dealkylation sites (tertiary alicyclic amines) is 1. The van der Waals surface area contributed by atoms with Gasteiger partial charge in [-0.25, -0.2) is 4.68 Å². The molecule has 2 heterocycles. The molecule has 0 unspecified atom stereocenters. The third-order valence-corrected chi connectivity index (χ3v) is 5.39. The molecule has 3 rings (SSSR count). The molecule has 1 aliphatic rings. The summed E-state index contributed by atoms with van der Waals surface area (Å²) in [5.74, 6) is 0.0254. The van der Waals surface area contributed by atoms with Gasteiger partial charge in [0.05, 0.1) is 17.4 Å². The van der Waals surface area contributed by atoms with E-state index in [2.05, 4.69) is 12.0 Å². The Labute approximate surface area is 142 Å². The summed E-state index contributed by atoms with van der Waals surface area (Å²) in [4.78, 5) is 14.6. The number of carbonyl (C=O) groups is 1. The van der Waals surface area contributed by atoms with Crippen molar-refractivity contribution in [1.29, 1.82) is 0 Å². The monoisotopic (exact) mass is 327 g/mol. The van der Waals surface area contributed by atoms with Crippen molar-refractivity contribution in [3.63, 3.8) is 0 Å². The minimum atomic E-state index is -0.0118. The number of para-hydroxylation sites is 1. The summed E-state index contributed by atoms with van der Waals surface area (Å²) < 4.78 is 1.76. The van der Waals surface area contributed by atoms with E-state index in [1.165, 1.54) is 0 Å². The lowest BCUT2D eigenvalue weighted by molar-refractivity contribution is 0.0338. The average molecular weight is 327 g/mol. The molecule has 0 atom stereocenters. The van der Waals surface area contributed by atoms with Gasteiger partial charge in [-0.15, -0.1) is 0 Å². The van der Waals surface area contributed by atoms with Crippen LogP contribution in [0.15, 0.2) is 36.7 Å². The molecule has 0 aliphatic carbocycles. The van der Waals surface area contributed by atoms with Crippen molar-refractivity contribution < 1.29 is 9.90 Å². The van der Waals surface area contributed by atoms with Crippen LogP contribution in [0.2, 0.25) is 0 Å². The van der Waals surface area contributed by atoms with Crippen molar-refractivity contribution >= 4 is 5.91 Å². The first-order chi connectivity index (χ1) is 11.6. The summed E-state index contributed by atoms with van der Waals surface area (Å²) in [5.41, 5.74) is 2.71. The molecule has 1 aromatic carbocycles. The minimum Gasteiger partial charge on any atom is -0.396 e. The van der Waals surface area contributed by atoms with Crippen LogP contribution in [0, 0.1) is 12.3 Å². The Balaban J connectivity index is 1.72. The number of carbonyl (C=O) groups excluding carboxylic acids is 1. The first-order valence-electron chi connectivity index (χ1n) is 8.59. The van der Waals surface area contributed by atoms with E-state index in [0.29, 0.717) is 18.7 Å². The predicted molar refractivity (Wildman–Crippen MR) is 93.2 cm³/mol. The van der Waals surface area contributed by atoms with Gasteiger partial charge in [0.25, 0.3) is 5.91 Å². The zero-order chi connectivity index (χ0) is 17.2. The van der Waals surface area contributed by atoms with Gasteiger partial charge >= 0.3 is 0 Å². The van der Waals surface area contributed by atoms with Crippen molar-refractivity contribution in [1.82, 2.24) is 14.7 Å². The molecule has 1 fully saturated rings. The van der Waals surface area contributed by atoms with Gasteiger partial charge in [0.1, 0.15) is 0 Å². The van der Waals surface area contributed by atoms with Gasteiger partial charge in [-0.1, -0.05) is 25.1 Å². The van der Waals surface area contributed by atoms with Gasteiger partial charge in [-0.3, -0.25) is 4.79 Å². The Morgan fingerprint density at radius 1 is 1.29 bits per heavy atom. The van der Waals surface area contributed by atoms with Crippen molar-refractivity contribution in [2.75, 3.05) is 19.7 Å². The number of aliphatic hydroxyl groups excluding tert-OH is 1. The lowest BCUT2D eigenvalue weighted by Gasteiger charge is -2.40. The van der Waals surface area contributed by atoms with Crippen molar-refractivity contribution in [3.05, 3.63) is 47.8 Å². The Bertz CT molecular complexity index is 709. The number of nitrogens with zero attached hydrogens (tertiary/aromatic N) is 3. The Morgan fingerprint density at radius 3 is 2.62 bits per heavy atom. The highest BCUT2D eigenvalue weighted by Crippen LogP contribution is 2.34. The second-order valence-corrected chi connectivity index (χ2v) is 6.76. The Hall–Kier alpha value is -2.14. The molecule has 1 N–H and O–H groups in total. The number of amides is 1. The summed E-state index contributed by atoms with van der Waals surface area (Å²) in [6.45, 7) is 5.74. The summed E-state index contributed by atoms with van der Waals surface area (Å²) in [6, 6.07) is 7.98. The molecule has 5 nitrogen and oxygen atoms in total. The molecule has 24 heavy (non-hydrogen) atoms. The van der Waals surface area contributed by atoms with E-state index < -0.39 is 0 Å². The van der Waals surface area contributed by atoms with Gasteiger partial charge in [-0.05, 0) is 43.2 Å². The van der Waals surface area contributed by atoms with E-state index >= 15 is 0 Å². The fourth-order valence-electron chi connectivity index (χ4n) is 3.38. The summed E-state index contributed by atoms with van der Waals surface area (Å²) in [6.07, 6.45) is 6.12. The molecule has 1 aliphatic heterocycles. The molecule has 0 bridgehead atoms. The highest BCUT2D eigenvalue weighted by atomic mass is 16.3. The first-order valence-corrected chi connectivity index (χ1v) is 8.59. The van der Waals surface area contributed by atoms with Crippen LogP contribution in [-0.4, -0.2) is 45.4 Å². The van der Waals surface area contributed by atoms with Crippen LogP contribution in [0.4, 0.5) is 0 Å². The largest absolute Gasteiger partial charge is 0.396 e. The molecule has 5 heteroatoms. The molecule has 1 amide bonds. The van der Waals surface area contributed by atoms with Crippen molar-refractivity contribution in [3.8, 4) is 5.69 Å². The van der Waals surface area contributed by atoms with Crippen molar-refractivity contribution in [2.45, 2.75) is 33.1 Å². The lowest BCUT2D eigenvalue weighted by atomic mass is 9.77. The molecular formula is C19H25N3O2. The van der Waals surface area contributed by atoms with Crippen LogP contribution < -0.4 is 0 Å². The molecule has 2 aromatic rings. The van der Waals surface area contributed by atoms with Crippen molar-refractivity contribution in [2.24, 2.45) is 5.41 Å². The quantitative estimate of drug-likeness (QED) is 0.939. The van der Waals surface area contributed by atoms with E-state index in [1.807, 2.05) is 36.1 Å². The molecule has 128 valence electrons. The Kier molecular flexibility index (Phi) is 4.71. The van der Waals surface area contributed by atoms with Gasteiger partial charge in [0.15, 0.2) is 0 Å². The number of benzene rings is 1. The predicted octanol–water partition coefficient (Wildman–Crippen LogP) is 2.81. The maximum Gasteiger partial charge on any atom is 0.257 e. The van der Waals surface area contributed by atoms with Gasteiger partial charge in [0.2, 0.25) is 0 Å². The van der Waals surface area contributed by atoms with Gasteiger partial charge in [-0.2, -0.15) is 5.10 Å². The maximum atomic E-state index is 12.7. The molecule has 1 saturated heterocycles. The van der Waals surface area contributed by atoms with Crippen LogP contribution in [0.5, 0.6) is 0 Å². The fraction of sp³-hybridized carbons (Fsp3) is 0.474. The third-order valence-electron chi connectivity index (χ3n) is 5.39. The number of piperidine rings is 1. The SMILES string of the molecule is CCC1(CO)CCN(C(=O)c2cnn(-c3ccccc3C)c2)CC1. The smallest absolute Gasteiger partial charge is 0.257 e. The molecule has 0 saturated carbocycles. The number of hydrogen-bond donors (Lipinski definition) is 1. The topological polar surface area (TPSA) is 58.4 Å². The number of aromatic nitrogens is 2. The molecule has 1 aromatic heterocycles. The maximum absolute atomic E-state index is 12.7. The van der Waals surface area contributed by atoms with E-state index in [0.717, 1.165) is 30.5 Å². The highest BCUT2D eigenvalue weighted by molar-refractivity contribution is 5.93. The molecule has 0 radical (unpaired) electrons. The summed E-state index contributed by atoms with van der Waals surface area (Å²) >= 11 is 0. The average Bonchev–Trinajstić information content (AvgIpc) is 3.11. The van der Waals surface area contributed by atoms with E-state index in [9.17, 15) is 9.90 Å². The number of aryl methyl sites for hydroxylation is 1. The first kappa shape index (κ1) is 16.7. The fourth-order valence-corrected chi connectivity index (χ4v) is 3.38. The second-order valence-electron chi connectivity index (χ2n) is 6.76. The second kappa shape index (κ2) is 6.77. The van der Waals surface area contributed by atoms with Crippen LogP contribution in [0.3, 0.4) is 0 Å². The zero-order valence-corrected chi connectivity index (χ0v) is 14.4. The van der Waals surface area contributed by atoms with Gasteiger partial charge < -0.3 is 10.0 Å². The van der Waals surface area contributed by atoms with E-state index in [4.69, 9.17) is 0 Å². The van der Waals surface area contributed by atoms with Crippen LogP contribution in [0.25, 0.3) is 5.69 Å². The van der Waals surface area contributed by atoms with Crippen LogP contribution >= 0.6 is 0 Å². The minimum absolute atomic E-state index is 0.0118. The van der Waals surface area contributed by atoms with Gasteiger partial charge in [0, 0.05) is 25.9 Å². The zero-order valence-electron chi connectivity index (χ0n) is 14.4. The molecule has 0 spiro atoms. The molecular weight excluding hydrogens is 302 g/mol.